The third kappa shape index (κ3) is 5.42. The van der Waals surface area contributed by atoms with Crippen molar-refractivity contribution >= 4 is 39.1 Å². The standard InChI is InChI=1S/C11H16BrN3S/c1-11(2,3)7-14-10(16)15-9-5-4-8(12)6-13-9/h4-6H,7H2,1-3H3,(H2,13,14,15,16). The van der Waals surface area contributed by atoms with Gasteiger partial charge < -0.3 is 10.6 Å². The van der Waals surface area contributed by atoms with Crippen molar-refractivity contribution in [2.75, 3.05) is 11.9 Å². The van der Waals surface area contributed by atoms with Crippen LogP contribution in [0.3, 0.4) is 0 Å². The van der Waals surface area contributed by atoms with Crippen LogP contribution in [-0.4, -0.2) is 16.6 Å². The number of hydrogen-bond acceptors (Lipinski definition) is 2. The minimum Gasteiger partial charge on any atom is -0.362 e. The van der Waals surface area contributed by atoms with E-state index in [0.29, 0.717) is 5.11 Å². The number of aromatic nitrogens is 1. The summed E-state index contributed by atoms with van der Waals surface area (Å²) in [7, 11) is 0. The molecule has 0 spiro atoms. The van der Waals surface area contributed by atoms with Crippen LogP contribution in [0.1, 0.15) is 20.8 Å². The molecule has 1 heterocycles. The molecule has 1 aromatic rings. The second kappa shape index (κ2) is 5.59. The highest BCUT2D eigenvalue weighted by atomic mass is 79.9. The van der Waals surface area contributed by atoms with Crippen LogP contribution < -0.4 is 10.6 Å². The van der Waals surface area contributed by atoms with E-state index < -0.39 is 0 Å². The van der Waals surface area contributed by atoms with Crippen molar-refractivity contribution < 1.29 is 0 Å². The molecule has 1 aromatic heterocycles. The molecule has 0 fully saturated rings. The fourth-order valence-corrected chi connectivity index (χ4v) is 1.37. The van der Waals surface area contributed by atoms with Gasteiger partial charge in [-0.3, -0.25) is 0 Å². The topological polar surface area (TPSA) is 37.0 Å². The lowest BCUT2D eigenvalue weighted by Crippen LogP contribution is -2.35. The van der Waals surface area contributed by atoms with Gasteiger partial charge >= 0.3 is 0 Å². The summed E-state index contributed by atoms with van der Waals surface area (Å²) >= 11 is 8.49. The molecule has 0 aliphatic rings. The van der Waals surface area contributed by atoms with Crippen molar-refractivity contribution in [2.24, 2.45) is 5.41 Å². The average molecular weight is 302 g/mol. The van der Waals surface area contributed by atoms with Gasteiger partial charge in [-0.05, 0) is 45.7 Å². The first kappa shape index (κ1) is 13.4. The highest BCUT2D eigenvalue weighted by Crippen LogP contribution is 2.12. The first-order valence-electron chi connectivity index (χ1n) is 5.03. The molecule has 5 heteroatoms. The van der Waals surface area contributed by atoms with E-state index in [0.717, 1.165) is 16.8 Å². The summed E-state index contributed by atoms with van der Waals surface area (Å²) < 4.78 is 0.951. The van der Waals surface area contributed by atoms with Gasteiger partial charge in [-0.1, -0.05) is 20.8 Å². The number of rotatable bonds is 2. The van der Waals surface area contributed by atoms with Crippen LogP contribution in [0.25, 0.3) is 0 Å². The zero-order valence-electron chi connectivity index (χ0n) is 9.67. The molecule has 0 bridgehead atoms. The Kier molecular flexibility index (Phi) is 4.68. The largest absolute Gasteiger partial charge is 0.362 e. The Balaban J connectivity index is 2.43. The number of nitrogens with zero attached hydrogens (tertiary/aromatic N) is 1. The summed E-state index contributed by atoms with van der Waals surface area (Å²) in [5, 5.41) is 6.79. The molecule has 0 saturated heterocycles. The number of hydrogen-bond donors (Lipinski definition) is 2. The smallest absolute Gasteiger partial charge is 0.171 e. The van der Waals surface area contributed by atoms with Gasteiger partial charge in [-0.25, -0.2) is 4.98 Å². The monoisotopic (exact) mass is 301 g/mol. The van der Waals surface area contributed by atoms with Crippen LogP contribution in [0.4, 0.5) is 5.82 Å². The number of anilines is 1. The molecular weight excluding hydrogens is 286 g/mol. The first-order valence-corrected chi connectivity index (χ1v) is 6.23. The van der Waals surface area contributed by atoms with E-state index in [4.69, 9.17) is 12.2 Å². The molecule has 0 unspecified atom stereocenters. The van der Waals surface area contributed by atoms with E-state index in [9.17, 15) is 0 Å². The lowest BCUT2D eigenvalue weighted by Gasteiger charge is -2.20. The van der Waals surface area contributed by atoms with E-state index >= 15 is 0 Å². The van der Waals surface area contributed by atoms with Crippen molar-refractivity contribution in [3.05, 3.63) is 22.8 Å². The summed E-state index contributed by atoms with van der Waals surface area (Å²) in [6.07, 6.45) is 1.73. The molecular formula is C11H16BrN3S. The minimum absolute atomic E-state index is 0.207. The van der Waals surface area contributed by atoms with E-state index in [1.807, 2.05) is 12.1 Å². The molecule has 88 valence electrons. The highest BCUT2D eigenvalue weighted by Gasteiger charge is 2.10. The number of nitrogens with one attached hydrogen (secondary N) is 2. The molecule has 16 heavy (non-hydrogen) atoms. The molecule has 0 radical (unpaired) electrons. The Labute approximate surface area is 110 Å². The predicted molar refractivity (Wildman–Crippen MR) is 75.6 cm³/mol. The summed E-state index contributed by atoms with van der Waals surface area (Å²) in [5.74, 6) is 0.745. The maximum absolute atomic E-state index is 5.16. The lowest BCUT2D eigenvalue weighted by atomic mass is 9.97. The SMILES string of the molecule is CC(C)(C)CNC(=S)Nc1ccc(Br)cn1. The van der Waals surface area contributed by atoms with Crippen LogP contribution in [0.15, 0.2) is 22.8 Å². The van der Waals surface area contributed by atoms with Gasteiger partial charge in [0.15, 0.2) is 5.11 Å². The Morgan fingerprint density at radius 1 is 1.44 bits per heavy atom. The fraction of sp³-hybridized carbons (Fsp3) is 0.455. The normalized spacial score (nSPS) is 11.0. The van der Waals surface area contributed by atoms with Crippen LogP contribution in [0, 0.1) is 5.41 Å². The second-order valence-corrected chi connectivity index (χ2v) is 6.05. The van der Waals surface area contributed by atoms with E-state index in [1.165, 1.54) is 0 Å². The van der Waals surface area contributed by atoms with E-state index in [1.54, 1.807) is 6.20 Å². The summed E-state index contributed by atoms with van der Waals surface area (Å²) in [4.78, 5) is 4.18. The Hall–Kier alpha value is -0.680. The molecule has 1 rings (SSSR count). The minimum atomic E-state index is 0.207. The van der Waals surface area contributed by atoms with Crippen molar-refractivity contribution in [3.8, 4) is 0 Å². The summed E-state index contributed by atoms with van der Waals surface area (Å²) in [6, 6.07) is 3.79. The van der Waals surface area contributed by atoms with Crippen molar-refractivity contribution in [2.45, 2.75) is 20.8 Å². The van der Waals surface area contributed by atoms with E-state index in [2.05, 4.69) is 52.3 Å². The molecule has 0 amide bonds. The van der Waals surface area contributed by atoms with Gasteiger partial charge in [-0.2, -0.15) is 0 Å². The summed E-state index contributed by atoms with van der Waals surface area (Å²) in [6.45, 7) is 7.29. The molecule has 0 aromatic carbocycles. The molecule has 0 saturated carbocycles. The molecule has 0 aliphatic heterocycles. The number of pyridine rings is 1. The fourth-order valence-electron chi connectivity index (χ4n) is 0.956. The van der Waals surface area contributed by atoms with Crippen molar-refractivity contribution in [1.29, 1.82) is 0 Å². The van der Waals surface area contributed by atoms with Crippen molar-refractivity contribution in [3.63, 3.8) is 0 Å². The third-order valence-corrected chi connectivity index (χ3v) is 2.46. The lowest BCUT2D eigenvalue weighted by molar-refractivity contribution is 0.409. The van der Waals surface area contributed by atoms with Gasteiger partial charge in [0.1, 0.15) is 5.82 Å². The zero-order chi connectivity index (χ0) is 12.2. The maximum atomic E-state index is 5.16. The molecule has 3 nitrogen and oxygen atoms in total. The maximum Gasteiger partial charge on any atom is 0.171 e. The highest BCUT2D eigenvalue weighted by molar-refractivity contribution is 9.10. The molecule has 0 atom stereocenters. The number of halogens is 1. The third-order valence-electron chi connectivity index (χ3n) is 1.75. The van der Waals surface area contributed by atoms with Gasteiger partial charge in [0, 0.05) is 17.2 Å². The van der Waals surface area contributed by atoms with Gasteiger partial charge in [0.05, 0.1) is 0 Å². The summed E-state index contributed by atoms with van der Waals surface area (Å²) in [5.41, 5.74) is 0.207. The Bertz CT molecular complexity index is 356. The van der Waals surface area contributed by atoms with Gasteiger partial charge in [-0.15, -0.1) is 0 Å². The quantitative estimate of drug-likeness (QED) is 0.823. The molecule has 0 aliphatic carbocycles. The molecule has 2 N–H and O–H groups in total. The van der Waals surface area contributed by atoms with Crippen LogP contribution >= 0.6 is 28.1 Å². The zero-order valence-corrected chi connectivity index (χ0v) is 12.1. The average Bonchev–Trinajstić information content (AvgIpc) is 2.18. The predicted octanol–water partition coefficient (Wildman–Crippen LogP) is 3.18. The van der Waals surface area contributed by atoms with Gasteiger partial charge in [0.25, 0.3) is 0 Å². The van der Waals surface area contributed by atoms with Crippen LogP contribution in [-0.2, 0) is 0 Å². The Morgan fingerprint density at radius 3 is 2.62 bits per heavy atom. The van der Waals surface area contributed by atoms with Crippen LogP contribution in [0.5, 0.6) is 0 Å². The number of thiocarbonyl (C=S) groups is 1. The first-order chi connectivity index (χ1) is 7.37. The second-order valence-electron chi connectivity index (χ2n) is 4.73. The van der Waals surface area contributed by atoms with Gasteiger partial charge in [0.2, 0.25) is 0 Å². The van der Waals surface area contributed by atoms with Crippen molar-refractivity contribution in [1.82, 2.24) is 10.3 Å². The van der Waals surface area contributed by atoms with Crippen LogP contribution in [0.2, 0.25) is 0 Å². The Morgan fingerprint density at radius 2 is 2.12 bits per heavy atom. The van der Waals surface area contributed by atoms with E-state index in [-0.39, 0.29) is 5.41 Å².